The molecule has 7 heteroatoms. The minimum atomic E-state index is -3.47. The van der Waals surface area contributed by atoms with Gasteiger partial charge < -0.3 is 15.4 Å². The van der Waals surface area contributed by atoms with E-state index >= 15 is 0 Å². The quantitative estimate of drug-likeness (QED) is 0.428. The summed E-state index contributed by atoms with van der Waals surface area (Å²) >= 11 is 0. The van der Waals surface area contributed by atoms with Gasteiger partial charge in [0, 0.05) is 6.16 Å². The molecule has 4 N–H and O–H groups in total. The number of hydrogen-bond acceptors (Lipinski definition) is 4. The van der Waals surface area contributed by atoms with Crippen molar-refractivity contribution in [3.8, 4) is 0 Å². The Morgan fingerprint density at radius 1 is 1.67 bits per heavy atom. The second-order valence-corrected chi connectivity index (χ2v) is 5.28. The maximum absolute atomic E-state index is 11.5. The molecule has 0 aliphatic rings. The Hall–Kier alpha value is -0.420. The second kappa shape index (κ2) is 6.95. The van der Waals surface area contributed by atoms with Gasteiger partial charge in [-0.3, -0.25) is 9.36 Å². The maximum atomic E-state index is 11.5. The molecule has 90 valence electrons. The van der Waals surface area contributed by atoms with Crippen LogP contribution in [0, 0.1) is 0 Å². The molecule has 0 aromatic rings. The predicted molar refractivity (Wildman–Crippen MR) is 57.6 cm³/mol. The summed E-state index contributed by atoms with van der Waals surface area (Å²) in [5.41, 5.74) is 5.22. The first-order valence-corrected chi connectivity index (χ1v) is 6.73. The zero-order valence-electron chi connectivity index (χ0n) is 9.10. The van der Waals surface area contributed by atoms with Crippen LogP contribution in [0.1, 0.15) is 20.3 Å². The fourth-order valence-electron chi connectivity index (χ4n) is 0.993. The van der Waals surface area contributed by atoms with Gasteiger partial charge in [0.2, 0.25) is 0 Å². The summed E-state index contributed by atoms with van der Waals surface area (Å²) in [5.74, 6) is -0.528. The third-order valence-electron chi connectivity index (χ3n) is 1.70. The second-order valence-electron chi connectivity index (χ2n) is 3.17. The average Bonchev–Trinajstić information content (AvgIpc) is 2.14. The molecule has 0 radical (unpaired) electrons. The molecule has 0 bridgehead atoms. The van der Waals surface area contributed by atoms with Gasteiger partial charge in [0.05, 0.1) is 6.61 Å². The van der Waals surface area contributed by atoms with Gasteiger partial charge in [0.1, 0.15) is 6.04 Å². The zero-order chi connectivity index (χ0) is 11.9. The lowest BCUT2D eigenvalue weighted by atomic mass is 10.4. The summed E-state index contributed by atoms with van der Waals surface area (Å²) in [5, 5.41) is 2.36. The lowest BCUT2D eigenvalue weighted by Crippen LogP contribution is -2.34. The maximum Gasteiger partial charge on any atom is 0.323 e. The van der Waals surface area contributed by atoms with Gasteiger partial charge in [0.25, 0.3) is 7.52 Å². The molecule has 0 aromatic carbocycles. The number of nitrogens with one attached hydrogen (secondary N) is 1. The molecule has 2 atom stereocenters. The first kappa shape index (κ1) is 14.6. The molecule has 0 aliphatic heterocycles. The monoisotopic (exact) mass is 238 g/mol. The van der Waals surface area contributed by atoms with Crippen LogP contribution in [0.5, 0.6) is 0 Å². The van der Waals surface area contributed by atoms with E-state index in [1.54, 1.807) is 6.92 Å². The van der Waals surface area contributed by atoms with Crippen LogP contribution in [0.4, 0.5) is 0 Å². The Balaban J connectivity index is 4.08. The van der Waals surface area contributed by atoms with Gasteiger partial charge in [-0.15, -0.1) is 0 Å². The van der Waals surface area contributed by atoms with Crippen LogP contribution < -0.4 is 10.8 Å². The van der Waals surface area contributed by atoms with Gasteiger partial charge in [-0.1, -0.05) is 0 Å². The summed E-state index contributed by atoms with van der Waals surface area (Å²) in [7, 11) is -3.47. The Kier molecular flexibility index (Phi) is 6.76. The van der Waals surface area contributed by atoms with Gasteiger partial charge in [-0.2, -0.15) is 0 Å². The van der Waals surface area contributed by atoms with Crippen molar-refractivity contribution < 1.29 is 19.0 Å². The Labute approximate surface area is 89.7 Å². The molecule has 15 heavy (non-hydrogen) atoms. The van der Waals surface area contributed by atoms with Crippen LogP contribution in [0.25, 0.3) is 0 Å². The summed E-state index contributed by atoms with van der Waals surface area (Å²) in [6.07, 6.45) is 0.504. The lowest BCUT2D eigenvalue weighted by molar-refractivity contribution is -0.144. The third kappa shape index (κ3) is 6.62. The van der Waals surface area contributed by atoms with Crippen molar-refractivity contribution in [2.75, 3.05) is 19.3 Å². The van der Waals surface area contributed by atoms with Crippen molar-refractivity contribution >= 4 is 13.5 Å². The highest BCUT2D eigenvalue weighted by atomic mass is 31.2. The summed E-state index contributed by atoms with van der Waals surface area (Å²) in [6.45, 7) is 3.77. The fourth-order valence-corrected chi connectivity index (χ4v) is 2.44. The van der Waals surface area contributed by atoms with Gasteiger partial charge in [-0.05, 0) is 26.8 Å². The topological polar surface area (TPSA) is 102 Å². The number of esters is 1. The van der Waals surface area contributed by atoms with Crippen molar-refractivity contribution in [3.05, 3.63) is 0 Å². The molecule has 0 saturated carbocycles. The van der Waals surface area contributed by atoms with Crippen LogP contribution in [-0.4, -0.2) is 36.2 Å². The van der Waals surface area contributed by atoms with Crippen molar-refractivity contribution in [3.63, 3.8) is 0 Å². The number of nitrogens with two attached hydrogens (primary N) is 1. The Bertz CT molecular complexity index is 247. The molecule has 0 heterocycles. The fraction of sp³-hybridized carbons (Fsp3) is 0.875. The average molecular weight is 238 g/mol. The number of rotatable bonds is 7. The molecule has 0 spiro atoms. The summed E-state index contributed by atoms with van der Waals surface area (Å²) in [4.78, 5) is 20.6. The molecular weight excluding hydrogens is 219 g/mol. The SMILES string of the molecule is CCOC(=O)[C@H](C)NP(=O)(O)CCCN. The number of ether oxygens (including phenoxy) is 1. The van der Waals surface area contributed by atoms with Crippen molar-refractivity contribution in [2.45, 2.75) is 26.3 Å². The van der Waals surface area contributed by atoms with Crippen molar-refractivity contribution in [1.82, 2.24) is 5.09 Å². The van der Waals surface area contributed by atoms with E-state index in [2.05, 4.69) is 5.09 Å². The first-order valence-electron chi connectivity index (χ1n) is 4.89. The van der Waals surface area contributed by atoms with E-state index in [1.165, 1.54) is 6.92 Å². The molecule has 0 rings (SSSR count). The lowest BCUT2D eigenvalue weighted by Gasteiger charge is -2.17. The molecule has 6 nitrogen and oxygen atoms in total. The van der Waals surface area contributed by atoms with Crippen molar-refractivity contribution in [1.29, 1.82) is 0 Å². The van der Waals surface area contributed by atoms with Gasteiger partial charge >= 0.3 is 5.97 Å². The van der Waals surface area contributed by atoms with Crippen molar-refractivity contribution in [2.24, 2.45) is 5.73 Å². The number of carbonyl (C=O) groups is 1. The zero-order valence-corrected chi connectivity index (χ0v) is 10.00. The molecule has 1 unspecified atom stereocenters. The standard InChI is InChI=1S/C8H19N2O4P/c1-3-14-8(11)7(2)10-15(12,13)6-4-5-9/h7H,3-6,9H2,1-2H3,(H2,10,12,13)/t7-/m0/s1. The summed E-state index contributed by atoms with van der Waals surface area (Å²) < 4.78 is 16.2. The molecule has 0 aromatic heterocycles. The minimum Gasteiger partial charge on any atom is -0.465 e. The highest BCUT2D eigenvalue weighted by Crippen LogP contribution is 2.36. The highest BCUT2D eigenvalue weighted by molar-refractivity contribution is 7.55. The minimum absolute atomic E-state index is 0.0627. The van der Waals surface area contributed by atoms with E-state index in [9.17, 15) is 14.3 Å². The molecule has 0 saturated heterocycles. The molecular formula is C8H19N2O4P. The molecule has 0 fully saturated rings. The normalized spacial score (nSPS) is 16.8. The molecule has 0 aliphatic carbocycles. The van der Waals surface area contributed by atoms with Gasteiger partial charge in [0.15, 0.2) is 0 Å². The number of hydrogen-bond donors (Lipinski definition) is 3. The number of carbonyl (C=O) groups excluding carboxylic acids is 1. The van der Waals surface area contributed by atoms with Crippen LogP contribution in [0.2, 0.25) is 0 Å². The van der Waals surface area contributed by atoms with E-state index in [0.29, 0.717) is 13.0 Å². The van der Waals surface area contributed by atoms with Crippen LogP contribution in [-0.2, 0) is 14.1 Å². The van der Waals surface area contributed by atoms with E-state index < -0.39 is 19.5 Å². The van der Waals surface area contributed by atoms with E-state index in [4.69, 9.17) is 10.5 Å². The van der Waals surface area contributed by atoms with E-state index in [1.807, 2.05) is 0 Å². The van der Waals surface area contributed by atoms with Crippen LogP contribution in [0.15, 0.2) is 0 Å². The smallest absolute Gasteiger partial charge is 0.323 e. The summed E-state index contributed by atoms with van der Waals surface area (Å²) in [6, 6.07) is -0.779. The van der Waals surface area contributed by atoms with Crippen LogP contribution >= 0.6 is 7.52 Å². The molecule has 0 amide bonds. The van der Waals surface area contributed by atoms with Crippen LogP contribution in [0.3, 0.4) is 0 Å². The highest BCUT2D eigenvalue weighted by Gasteiger charge is 2.24. The predicted octanol–water partition coefficient (Wildman–Crippen LogP) is 0.0618. The van der Waals surface area contributed by atoms with E-state index in [0.717, 1.165) is 0 Å². The third-order valence-corrected chi connectivity index (χ3v) is 3.41. The Morgan fingerprint density at radius 2 is 2.27 bits per heavy atom. The van der Waals surface area contributed by atoms with E-state index in [-0.39, 0.29) is 12.8 Å². The largest absolute Gasteiger partial charge is 0.465 e. The Morgan fingerprint density at radius 3 is 2.73 bits per heavy atom. The van der Waals surface area contributed by atoms with Gasteiger partial charge in [-0.25, -0.2) is 5.09 Å². The first-order chi connectivity index (χ1) is 6.93.